The molecule has 120 valence electrons. The number of hydrogen-bond acceptors (Lipinski definition) is 2. The average molecular weight is 302 g/mol. The fraction of sp³-hybridized carbons (Fsp3) is 0.526. The topological polar surface area (TPSA) is 46.5 Å². The van der Waals surface area contributed by atoms with Crippen LogP contribution >= 0.6 is 0 Å². The summed E-state index contributed by atoms with van der Waals surface area (Å²) in [6.07, 6.45) is 3.35. The Morgan fingerprint density at radius 3 is 2.45 bits per heavy atom. The Kier molecular flexibility index (Phi) is 4.94. The lowest BCUT2D eigenvalue weighted by atomic mass is 9.81. The fourth-order valence-corrected chi connectivity index (χ4v) is 3.32. The number of allylic oxidation sites excluding steroid dienone is 1. The maximum atomic E-state index is 11.0. The minimum atomic E-state index is -0.874. The highest BCUT2D eigenvalue weighted by Crippen LogP contribution is 2.37. The molecule has 0 amide bonds. The Morgan fingerprint density at radius 2 is 1.95 bits per heavy atom. The van der Waals surface area contributed by atoms with E-state index in [0.717, 1.165) is 12.8 Å². The van der Waals surface area contributed by atoms with E-state index in [4.69, 9.17) is 9.84 Å². The highest BCUT2D eigenvalue weighted by Gasteiger charge is 2.27. The number of aliphatic carboxylic acids is 1. The van der Waals surface area contributed by atoms with Crippen LogP contribution in [-0.4, -0.2) is 17.2 Å². The highest BCUT2D eigenvalue weighted by molar-refractivity contribution is 5.72. The third-order valence-electron chi connectivity index (χ3n) is 5.11. The molecule has 0 radical (unpaired) electrons. The van der Waals surface area contributed by atoms with Crippen molar-refractivity contribution in [2.75, 3.05) is 0 Å². The van der Waals surface area contributed by atoms with E-state index in [1.165, 1.54) is 33.4 Å². The molecule has 0 fully saturated rings. The van der Waals surface area contributed by atoms with Gasteiger partial charge < -0.3 is 9.84 Å². The summed E-state index contributed by atoms with van der Waals surface area (Å²) in [6, 6.07) is 2.29. The first-order valence-electron chi connectivity index (χ1n) is 8.01. The molecule has 0 saturated heterocycles. The van der Waals surface area contributed by atoms with Crippen LogP contribution in [0.25, 0.3) is 0 Å². The minimum Gasteiger partial charge on any atom is -0.486 e. The molecule has 2 unspecified atom stereocenters. The van der Waals surface area contributed by atoms with Gasteiger partial charge in [0.2, 0.25) is 0 Å². The summed E-state index contributed by atoms with van der Waals surface area (Å²) >= 11 is 0. The van der Waals surface area contributed by atoms with E-state index >= 15 is 0 Å². The van der Waals surface area contributed by atoms with Gasteiger partial charge in [-0.05, 0) is 80.3 Å². The van der Waals surface area contributed by atoms with Crippen molar-refractivity contribution in [3.63, 3.8) is 0 Å². The average Bonchev–Trinajstić information content (AvgIpc) is 2.51. The third-order valence-corrected chi connectivity index (χ3v) is 5.11. The molecule has 0 bridgehead atoms. The molecule has 2 atom stereocenters. The summed E-state index contributed by atoms with van der Waals surface area (Å²) in [5.74, 6) is -0.561. The maximum absolute atomic E-state index is 11.0. The van der Waals surface area contributed by atoms with Crippen LogP contribution in [0.15, 0.2) is 17.9 Å². The summed E-state index contributed by atoms with van der Waals surface area (Å²) in [6.45, 7) is 10.9. The molecular weight excluding hydrogens is 276 g/mol. The molecule has 1 aromatic rings. The van der Waals surface area contributed by atoms with Crippen LogP contribution in [0.2, 0.25) is 0 Å². The van der Waals surface area contributed by atoms with Crippen LogP contribution in [0.4, 0.5) is 0 Å². The lowest BCUT2D eigenvalue weighted by Crippen LogP contribution is -2.25. The van der Waals surface area contributed by atoms with E-state index < -0.39 is 12.1 Å². The predicted octanol–water partition coefficient (Wildman–Crippen LogP) is 4.56. The predicted molar refractivity (Wildman–Crippen MR) is 88.2 cm³/mol. The summed E-state index contributed by atoms with van der Waals surface area (Å²) in [7, 11) is 0. The molecule has 1 heterocycles. The first-order chi connectivity index (χ1) is 10.4. The van der Waals surface area contributed by atoms with Crippen molar-refractivity contribution in [2.45, 2.75) is 65.9 Å². The number of benzene rings is 1. The summed E-state index contributed by atoms with van der Waals surface area (Å²) in [5.41, 5.74) is 7.94. The van der Waals surface area contributed by atoms with Gasteiger partial charge in [0.05, 0.1) is 6.26 Å². The van der Waals surface area contributed by atoms with Crippen molar-refractivity contribution >= 4 is 5.97 Å². The Bertz CT molecular complexity index is 614. The molecule has 0 spiro atoms. The molecule has 0 aliphatic carbocycles. The Morgan fingerprint density at radius 1 is 1.27 bits per heavy atom. The standard InChI is InChI=1S/C19H26O3/c1-6-16(15-7-8-18(19(20)21)22-10-15)17-9-11(2)12(3)13(4)14(17)5/h9-10,16,18H,6-8H2,1-5H3,(H,20,21). The van der Waals surface area contributed by atoms with Gasteiger partial charge >= 0.3 is 5.97 Å². The van der Waals surface area contributed by atoms with Crippen molar-refractivity contribution in [1.82, 2.24) is 0 Å². The molecule has 3 nitrogen and oxygen atoms in total. The smallest absolute Gasteiger partial charge is 0.344 e. The lowest BCUT2D eigenvalue weighted by molar-refractivity contribution is -0.147. The number of hydrogen-bond donors (Lipinski definition) is 1. The first-order valence-corrected chi connectivity index (χ1v) is 8.01. The first kappa shape index (κ1) is 16.6. The van der Waals surface area contributed by atoms with E-state index in [2.05, 4.69) is 40.7 Å². The van der Waals surface area contributed by atoms with Crippen molar-refractivity contribution in [1.29, 1.82) is 0 Å². The van der Waals surface area contributed by atoms with Crippen LogP contribution in [0.1, 0.15) is 59.9 Å². The zero-order chi connectivity index (χ0) is 16.4. The zero-order valence-electron chi connectivity index (χ0n) is 14.2. The van der Waals surface area contributed by atoms with Gasteiger partial charge in [0.1, 0.15) is 0 Å². The molecule has 3 heteroatoms. The Balaban J connectivity index is 2.36. The minimum absolute atomic E-state index is 0.313. The van der Waals surface area contributed by atoms with Crippen LogP contribution in [0.5, 0.6) is 0 Å². The van der Waals surface area contributed by atoms with E-state index in [1.807, 2.05) is 0 Å². The van der Waals surface area contributed by atoms with Gasteiger partial charge in [0, 0.05) is 5.92 Å². The van der Waals surface area contributed by atoms with Crippen LogP contribution in [0.3, 0.4) is 0 Å². The van der Waals surface area contributed by atoms with Crippen molar-refractivity contribution < 1.29 is 14.6 Å². The van der Waals surface area contributed by atoms with Gasteiger partial charge in [0.25, 0.3) is 0 Å². The molecule has 1 aromatic carbocycles. The fourth-order valence-electron chi connectivity index (χ4n) is 3.32. The maximum Gasteiger partial charge on any atom is 0.344 e. The lowest BCUT2D eigenvalue weighted by Gasteiger charge is -2.28. The van der Waals surface area contributed by atoms with E-state index in [-0.39, 0.29) is 0 Å². The molecule has 0 aromatic heterocycles. The van der Waals surface area contributed by atoms with Crippen molar-refractivity contribution in [3.8, 4) is 0 Å². The molecular formula is C19H26O3. The second kappa shape index (κ2) is 6.55. The SMILES string of the molecule is CCC(C1=COC(C(=O)O)CC1)c1cc(C)c(C)c(C)c1C. The van der Waals surface area contributed by atoms with Gasteiger partial charge in [-0.15, -0.1) is 0 Å². The van der Waals surface area contributed by atoms with Gasteiger partial charge in [-0.1, -0.05) is 13.0 Å². The van der Waals surface area contributed by atoms with Crippen LogP contribution in [0, 0.1) is 27.7 Å². The Labute approximate surface area is 133 Å². The number of aryl methyl sites for hydroxylation is 1. The number of carboxylic acid groups (broad SMARTS) is 1. The number of carbonyl (C=O) groups is 1. The van der Waals surface area contributed by atoms with Crippen molar-refractivity contribution in [2.24, 2.45) is 0 Å². The largest absolute Gasteiger partial charge is 0.486 e. The summed E-state index contributed by atoms with van der Waals surface area (Å²) in [5, 5.41) is 9.03. The molecule has 1 aliphatic heterocycles. The summed E-state index contributed by atoms with van der Waals surface area (Å²) < 4.78 is 5.42. The van der Waals surface area contributed by atoms with E-state index in [0.29, 0.717) is 12.3 Å². The zero-order valence-corrected chi connectivity index (χ0v) is 14.2. The van der Waals surface area contributed by atoms with Gasteiger partial charge in [-0.25, -0.2) is 4.79 Å². The molecule has 1 N–H and O–H groups in total. The highest BCUT2D eigenvalue weighted by atomic mass is 16.5. The van der Waals surface area contributed by atoms with Crippen molar-refractivity contribution in [3.05, 3.63) is 45.7 Å². The molecule has 22 heavy (non-hydrogen) atoms. The van der Waals surface area contributed by atoms with Gasteiger partial charge in [-0.3, -0.25) is 0 Å². The normalized spacial score (nSPS) is 19.3. The molecule has 0 saturated carbocycles. The van der Waals surface area contributed by atoms with E-state index in [1.54, 1.807) is 6.26 Å². The molecule has 2 rings (SSSR count). The number of carboxylic acids is 1. The van der Waals surface area contributed by atoms with Gasteiger partial charge in [0.15, 0.2) is 6.10 Å². The monoisotopic (exact) mass is 302 g/mol. The summed E-state index contributed by atoms with van der Waals surface area (Å²) in [4.78, 5) is 11.0. The number of rotatable bonds is 4. The number of ether oxygens (including phenoxy) is 1. The van der Waals surface area contributed by atoms with E-state index in [9.17, 15) is 4.79 Å². The quantitative estimate of drug-likeness (QED) is 0.886. The molecule has 1 aliphatic rings. The second-order valence-corrected chi connectivity index (χ2v) is 6.31. The third kappa shape index (κ3) is 3.03. The van der Waals surface area contributed by atoms with Crippen LogP contribution < -0.4 is 0 Å². The van der Waals surface area contributed by atoms with Gasteiger partial charge in [-0.2, -0.15) is 0 Å². The Hall–Kier alpha value is -1.77. The second-order valence-electron chi connectivity index (χ2n) is 6.31. The van der Waals surface area contributed by atoms with Crippen LogP contribution in [-0.2, 0) is 9.53 Å².